The second kappa shape index (κ2) is 8.98. The molecule has 2 unspecified atom stereocenters. The van der Waals surface area contributed by atoms with Gasteiger partial charge >= 0.3 is 0 Å². The fourth-order valence-electron chi connectivity index (χ4n) is 3.32. The Kier molecular flexibility index (Phi) is 6.21. The minimum absolute atomic E-state index is 0.0158. The Labute approximate surface area is 161 Å². The van der Waals surface area contributed by atoms with Crippen LogP contribution in [0.15, 0.2) is 58.5 Å². The van der Waals surface area contributed by atoms with Crippen LogP contribution < -0.4 is 0 Å². The van der Waals surface area contributed by atoms with E-state index in [1.807, 2.05) is 0 Å². The Balaban J connectivity index is 1.80. The van der Waals surface area contributed by atoms with E-state index < -0.39 is 9.85 Å². The molecule has 0 aromatic heterocycles. The lowest BCUT2D eigenvalue weighted by Gasteiger charge is -2.25. The van der Waals surface area contributed by atoms with E-state index in [-0.39, 0.29) is 23.5 Å². The van der Waals surface area contributed by atoms with E-state index in [2.05, 4.69) is 9.98 Å². The van der Waals surface area contributed by atoms with Gasteiger partial charge in [0.2, 0.25) is 0 Å². The summed E-state index contributed by atoms with van der Waals surface area (Å²) in [7, 11) is 0. The summed E-state index contributed by atoms with van der Waals surface area (Å²) in [5.74, 6) is 0. The number of nitro groups is 2. The maximum atomic E-state index is 11.1. The average Bonchev–Trinajstić information content (AvgIpc) is 2.71. The highest BCUT2D eigenvalue weighted by Crippen LogP contribution is 2.25. The molecule has 0 spiro atoms. The van der Waals surface area contributed by atoms with Gasteiger partial charge in [0.05, 0.1) is 33.1 Å². The Hall–Kier alpha value is -3.42. The molecule has 2 atom stereocenters. The van der Waals surface area contributed by atoms with Gasteiger partial charge in [0.15, 0.2) is 0 Å². The van der Waals surface area contributed by atoms with Crippen molar-refractivity contribution in [1.29, 1.82) is 0 Å². The third-order valence-corrected chi connectivity index (χ3v) is 4.77. The van der Waals surface area contributed by atoms with Gasteiger partial charge in [0, 0.05) is 24.6 Å². The third kappa shape index (κ3) is 4.64. The molecule has 144 valence electrons. The van der Waals surface area contributed by atoms with E-state index in [1.54, 1.807) is 48.8 Å². The van der Waals surface area contributed by atoms with Crippen LogP contribution in [0.2, 0.25) is 0 Å². The van der Waals surface area contributed by atoms with Gasteiger partial charge in [-0.2, -0.15) is 0 Å². The van der Waals surface area contributed by atoms with Gasteiger partial charge in [-0.25, -0.2) is 0 Å². The van der Waals surface area contributed by atoms with E-state index in [0.717, 1.165) is 25.7 Å². The molecular formula is C20H20N4O4. The highest BCUT2D eigenvalue weighted by molar-refractivity contribution is 5.86. The lowest BCUT2D eigenvalue weighted by atomic mass is 9.91. The molecule has 0 bridgehead atoms. The first-order valence-electron chi connectivity index (χ1n) is 9.09. The van der Waals surface area contributed by atoms with E-state index in [4.69, 9.17) is 0 Å². The number of nitrogens with zero attached hydrogens (tertiary/aromatic N) is 4. The third-order valence-electron chi connectivity index (χ3n) is 4.77. The molecule has 0 radical (unpaired) electrons. The van der Waals surface area contributed by atoms with Crippen LogP contribution in [-0.4, -0.2) is 34.4 Å². The van der Waals surface area contributed by atoms with Crippen molar-refractivity contribution in [2.24, 2.45) is 9.98 Å². The van der Waals surface area contributed by atoms with Gasteiger partial charge < -0.3 is 0 Å². The Bertz CT molecular complexity index is 850. The molecule has 2 aromatic rings. The number of hydrogen-bond donors (Lipinski definition) is 0. The minimum atomic E-state index is -0.424. The van der Waals surface area contributed by atoms with Gasteiger partial charge in [0.25, 0.3) is 11.4 Å². The first kappa shape index (κ1) is 19.3. The quantitative estimate of drug-likeness (QED) is 0.421. The second-order valence-corrected chi connectivity index (χ2v) is 6.61. The van der Waals surface area contributed by atoms with Gasteiger partial charge in [-0.15, -0.1) is 0 Å². The molecule has 0 heterocycles. The summed E-state index contributed by atoms with van der Waals surface area (Å²) in [6.07, 6.45) is 6.77. The molecule has 2 aromatic carbocycles. The van der Waals surface area contributed by atoms with E-state index >= 15 is 0 Å². The van der Waals surface area contributed by atoms with Crippen LogP contribution >= 0.6 is 0 Å². The van der Waals surface area contributed by atoms with Crippen molar-refractivity contribution in [3.63, 3.8) is 0 Å². The van der Waals surface area contributed by atoms with Crippen molar-refractivity contribution in [3.05, 3.63) is 79.9 Å². The van der Waals surface area contributed by atoms with Crippen molar-refractivity contribution in [3.8, 4) is 0 Å². The van der Waals surface area contributed by atoms with E-state index in [9.17, 15) is 20.2 Å². The zero-order valence-electron chi connectivity index (χ0n) is 15.2. The van der Waals surface area contributed by atoms with E-state index in [0.29, 0.717) is 11.1 Å². The maximum absolute atomic E-state index is 11.1. The van der Waals surface area contributed by atoms with E-state index in [1.165, 1.54) is 12.1 Å². The van der Waals surface area contributed by atoms with Gasteiger partial charge in [-0.05, 0) is 25.0 Å². The summed E-state index contributed by atoms with van der Waals surface area (Å²) >= 11 is 0. The highest BCUT2D eigenvalue weighted by atomic mass is 16.6. The SMILES string of the molecule is O=[N+]([O-])c1ccccc1/C=N\C1CCCCC1/N=C\c1ccccc1[N+](=O)[O-]. The molecule has 1 aliphatic carbocycles. The molecule has 0 amide bonds. The van der Waals surface area contributed by atoms with Crippen molar-refractivity contribution in [2.45, 2.75) is 37.8 Å². The highest BCUT2D eigenvalue weighted by Gasteiger charge is 2.24. The number of rotatable bonds is 6. The number of para-hydroxylation sites is 2. The normalized spacial score (nSPS) is 19.9. The first-order valence-corrected chi connectivity index (χ1v) is 9.09. The van der Waals surface area contributed by atoms with Gasteiger partial charge in [0.1, 0.15) is 0 Å². The number of nitro benzene ring substituents is 2. The minimum Gasteiger partial charge on any atom is -0.287 e. The summed E-state index contributed by atoms with van der Waals surface area (Å²) in [4.78, 5) is 30.6. The lowest BCUT2D eigenvalue weighted by Crippen LogP contribution is -2.27. The molecule has 1 aliphatic rings. The molecule has 28 heavy (non-hydrogen) atoms. The second-order valence-electron chi connectivity index (χ2n) is 6.61. The lowest BCUT2D eigenvalue weighted by molar-refractivity contribution is -0.385. The molecule has 1 fully saturated rings. The fourth-order valence-corrected chi connectivity index (χ4v) is 3.32. The van der Waals surface area contributed by atoms with Crippen LogP contribution in [0.25, 0.3) is 0 Å². The predicted molar refractivity (Wildman–Crippen MR) is 107 cm³/mol. The van der Waals surface area contributed by atoms with Crippen LogP contribution in [0.4, 0.5) is 11.4 Å². The molecule has 0 saturated heterocycles. The molecule has 3 rings (SSSR count). The zero-order chi connectivity index (χ0) is 19.9. The van der Waals surface area contributed by atoms with Crippen LogP contribution in [0, 0.1) is 20.2 Å². The average molecular weight is 380 g/mol. The molecule has 1 saturated carbocycles. The van der Waals surface area contributed by atoms with Crippen LogP contribution in [0.3, 0.4) is 0 Å². The molecule has 0 N–H and O–H groups in total. The Morgan fingerprint density at radius 2 is 1.14 bits per heavy atom. The monoisotopic (exact) mass is 380 g/mol. The number of hydrogen-bond acceptors (Lipinski definition) is 6. The summed E-state index contributed by atoms with van der Waals surface area (Å²) in [6, 6.07) is 12.7. The van der Waals surface area contributed by atoms with Gasteiger partial charge in [-0.1, -0.05) is 37.1 Å². The fraction of sp³-hybridized carbons (Fsp3) is 0.300. The van der Waals surface area contributed by atoms with Gasteiger partial charge in [-0.3, -0.25) is 30.2 Å². The zero-order valence-corrected chi connectivity index (χ0v) is 15.2. The predicted octanol–water partition coefficient (Wildman–Crippen LogP) is 4.35. The molecule has 8 nitrogen and oxygen atoms in total. The van der Waals surface area contributed by atoms with Crippen molar-refractivity contribution in [2.75, 3.05) is 0 Å². The maximum Gasteiger partial charge on any atom is 0.278 e. The van der Waals surface area contributed by atoms with Crippen molar-refractivity contribution in [1.82, 2.24) is 0 Å². The van der Waals surface area contributed by atoms with Crippen LogP contribution in [0.1, 0.15) is 36.8 Å². The van der Waals surface area contributed by atoms with Crippen molar-refractivity contribution < 1.29 is 9.85 Å². The largest absolute Gasteiger partial charge is 0.287 e. The molecular weight excluding hydrogens is 360 g/mol. The van der Waals surface area contributed by atoms with Crippen LogP contribution in [0.5, 0.6) is 0 Å². The Morgan fingerprint density at radius 3 is 1.54 bits per heavy atom. The van der Waals surface area contributed by atoms with Crippen molar-refractivity contribution >= 4 is 23.8 Å². The molecule has 8 heteroatoms. The summed E-state index contributed by atoms with van der Waals surface area (Å²) in [5, 5.41) is 22.3. The topological polar surface area (TPSA) is 111 Å². The standard InChI is InChI=1S/C20H20N4O4/c25-23(26)19-11-5-1-7-15(19)13-21-17-9-3-4-10-18(17)22-14-16-8-2-6-12-20(16)24(27)28/h1-2,5-8,11-14,17-18H,3-4,9-10H2/b21-13-,22-14-. The summed E-state index contributed by atoms with van der Waals surface area (Å²) in [5.41, 5.74) is 0.947. The van der Waals surface area contributed by atoms with Crippen LogP contribution in [-0.2, 0) is 0 Å². The summed E-state index contributed by atoms with van der Waals surface area (Å²) in [6.45, 7) is 0. The number of benzene rings is 2. The number of aliphatic imine (C=N–C) groups is 2. The smallest absolute Gasteiger partial charge is 0.278 e. The summed E-state index contributed by atoms with van der Waals surface area (Å²) < 4.78 is 0. The first-order chi connectivity index (χ1) is 13.6. The Morgan fingerprint density at radius 1 is 0.750 bits per heavy atom. The molecule has 0 aliphatic heterocycles.